The first kappa shape index (κ1) is 13.0. The first-order valence-electron chi connectivity index (χ1n) is 5.00. The predicted molar refractivity (Wildman–Crippen MR) is 70.4 cm³/mol. The number of nitro groups is 1. The number of oxime groups is 1. The molecule has 2 aromatic rings. The molecule has 1 aromatic heterocycles. The van der Waals surface area contributed by atoms with E-state index in [0.29, 0.717) is 11.3 Å². The summed E-state index contributed by atoms with van der Waals surface area (Å²) < 4.78 is 2.01. The zero-order valence-corrected chi connectivity index (χ0v) is 11.0. The van der Waals surface area contributed by atoms with Gasteiger partial charge >= 0.3 is 5.69 Å². The molecule has 19 heavy (non-hydrogen) atoms. The van der Waals surface area contributed by atoms with Gasteiger partial charge in [-0.2, -0.15) is 5.10 Å². The summed E-state index contributed by atoms with van der Waals surface area (Å²) in [5.41, 5.74) is 6.29. The molecule has 8 nitrogen and oxygen atoms in total. The summed E-state index contributed by atoms with van der Waals surface area (Å²) in [6, 6.07) is 4.99. The summed E-state index contributed by atoms with van der Waals surface area (Å²) in [7, 11) is 0. The Kier molecular flexibility index (Phi) is 3.47. The zero-order valence-electron chi connectivity index (χ0n) is 9.39. The third-order valence-electron chi connectivity index (χ3n) is 2.37. The lowest BCUT2D eigenvalue weighted by Gasteiger charge is -2.08. The predicted octanol–water partition coefficient (Wildman–Crippen LogP) is 1.64. The van der Waals surface area contributed by atoms with Crippen LogP contribution in [0.4, 0.5) is 5.69 Å². The Hall–Kier alpha value is -2.42. The van der Waals surface area contributed by atoms with E-state index in [2.05, 4.69) is 26.2 Å². The summed E-state index contributed by atoms with van der Waals surface area (Å²) in [4.78, 5) is 10.1. The molecule has 0 unspecified atom stereocenters. The van der Waals surface area contributed by atoms with E-state index in [1.54, 1.807) is 18.2 Å². The van der Waals surface area contributed by atoms with Crippen LogP contribution >= 0.6 is 15.9 Å². The number of hydrogen-bond donors (Lipinski definition) is 2. The second-order valence-electron chi connectivity index (χ2n) is 3.55. The lowest BCUT2D eigenvalue weighted by molar-refractivity contribution is -0.384. The molecule has 0 fully saturated rings. The van der Waals surface area contributed by atoms with Crippen molar-refractivity contribution in [3.05, 3.63) is 50.7 Å². The molecule has 1 aromatic carbocycles. The number of aromatic nitrogens is 2. The fourth-order valence-corrected chi connectivity index (χ4v) is 1.87. The molecule has 0 saturated heterocycles. The molecule has 1 heterocycles. The Labute approximate surface area is 115 Å². The van der Waals surface area contributed by atoms with Crippen molar-refractivity contribution in [1.82, 2.24) is 9.78 Å². The molecule has 0 saturated carbocycles. The van der Waals surface area contributed by atoms with E-state index in [1.165, 1.54) is 10.9 Å². The molecule has 98 valence electrons. The Bertz CT molecular complexity index is 667. The first-order valence-corrected chi connectivity index (χ1v) is 5.79. The topological polar surface area (TPSA) is 120 Å². The fourth-order valence-electron chi connectivity index (χ4n) is 1.51. The van der Waals surface area contributed by atoms with Crippen molar-refractivity contribution >= 4 is 27.5 Å². The van der Waals surface area contributed by atoms with Crippen LogP contribution in [-0.4, -0.2) is 25.7 Å². The van der Waals surface area contributed by atoms with E-state index in [4.69, 9.17) is 10.9 Å². The Balaban J connectivity index is 2.57. The minimum absolute atomic E-state index is 0.116. The summed E-state index contributed by atoms with van der Waals surface area (Å²) in [5, 5.41) is 26.2. The van der Waals surface area contributed by atoms with E-state index < -0.39 is 4.92 Å². The van der Waals surface area contributed by atoms with Crippen LogP contribution in [0.1, 0.15) is 5.56 Å². The summed E-state index contributed by atoms with van der Waals surface area (Å²) in [6.45, 7) is 0. The second-order valence-corrected chi connectivity index (χ2v) is 4.46. The number of benzene rings is 1. The number of nitrogens with zero attached hydrogens (tertiary/aromatic N) is 4. The molecule has 2 rings (SSSR count). The van der Waals surface area contributed by atoms with Crippen LogP contribution in [0.25, 0.3) is 5.69 Å². The van der Waals surface area contributed by atoms with Gasteiger partial charge in [-0.3, -0.25) is 10.1 Å². The smallest absolute Gasteiger partial charge is 0.307 e. The minimum atomic E-state index is -0.550. The first-order chi connectivity index (χ1) is 9.02. The van der Waals surface area contributed by atoms with E-state index in [-0.39, 0.29) is 11.5 Å². The van der Waals surface area contributed by atoms with Gasteiger partial charge in [0.15, 0.2) is 5.84 Å². The molecule has 0 aliphatic rings. The monoisotopic (exact) mass is 325 g/mol. The van der Waals surface area contributed by atoms with Gasteiger partial charge in [0.25, 0.3) is 0 Å². The average Bonchev–Trinajstić information content (AvgIpc) is 2.87. The highest BCUT2D eigenvalue weighted by Gasteiger charge is 2.14. The van der Waals surface area contributed by atoms with E-state index in [1.807, 2.05) is 0 Å². The van der Waals surface area contributed by atoms with Gasteiger partial charge in [-0.05, 0) is 18.2 Å². The molecule has 9 heteroatoms. The van der Waals surface area contributed by atoms with Crippen LogP contribution in [0, 0.1) is 10.1 Å². The van der Waals surface area contributed by atoms with Gasteiger partial charge < -0.3 is 10.9 Å². The van der Waals surface area contributed by atoms with Crippen molar-refractivity contribution in [2.24, 2.45) is 10.9 Å². The molecule has 0 spiro atoms. The molecule has 0 atom stereocenters. The van der Waals surface area contributed by atoms with Crippen molar-refractivity contribution in [3.8, 4) is 5.69 Å². The number of nitrogens with two attached hydrogens (primary N) is 1. The number of hydrogen-bond acceptors (Lipinski definition) is 5. The van der Waals surface area contributed by atoms with Crippen LogP contribution in [-0.2, 0) is 0 Å². The summed E-state index contributed by atoms with van der Waals surface area (Å²) >= 11 is 3.26. The van der Waals surface area contributed by atoms with Crippen LogP contribution in [0.5, 0.6) is 0 Å². The van der Waals surface area contributed by atoms with Crippen LogP contribution in [0.3, 0.4) is 0 Å². The molecular weight excluding hydrogens is 318 g/mol. The maximum Gasteiger partial charge on any atom is 0.307 e. The fraction of sp³-hybridized carbons (Fsp3) is 0. The Morgan fingerprint density at radius 1 is 1.58 bits per heavy atom. The van der Waals surface area contributed by atoms with E-state index in [0.717, 1.165) is 10.7 Å². The van der Waals surface area contributed by atoms with Crippen molar-refractivity contribution in [2.45, 2.75) is 0 Å². The third-order valence-corrected chi connectivity index (χ3v) is 2.86. The van der Waals surface area contributed by atoms with Gasteiger partial charge in [0, 0.05) is 10.0 Å². The maximum atomic E-state index is 10.6. The highest BCUT2D eigenvalue weighted by molar-refractivity contribution is 9.10. The van der Waals surface area contributed by atoms with Crippen molar-refractivity contribution in [1.29, 1.82) is 0 Å². The zero-order chi connectivity index (χ0) is 14.0. The summed E-state index contributed by atoms with van der Waals surface area (Å²) in [6.07, 6.45) is 2.37. The molecule has 0 radical (unpaired) electrons. The van der Waals surface area contributed by atoms with E-state index in [9.17, 15) is 10.1 Å². The van der Waals surface area contributed by atoms with Crippen molar-refractivity contribution in [3.63, 3.8) is 0 Å². The van der Waals surface area contributed by atoms with Crippen molar-refractivity contribution < 1.29 is 10.1 Å². The third kappa shape index (κ3) is 2.55. The largest absolute Gasteiger partial charge is 0.409 e. The van der Waals surface area contributed by atoms with Crippen molar-refractivity contribution in [2.75, 3.05) is 0 Å². The quantitative estimate of drug-likeness (QED) is 0.292. The lowest BCUT2D eigenvalue weighted by atomic mass is 10.1. The second kappa shape index (κ2) is 5.06. The van der Waals surface area contributed by atoms with Gasteiger partial charge in [-0.15, -0.1) is 0 Å². The minimum Gasteiger partial charge on any atom is -0.409 e. The lowest BCUT2D eigenvalue weighted by Crippen LogP contribution is -2.16. The van der Waals surface area contributed by atoms with Gasteiger partial charge in [0.05, 0.1) is 10.6 Å². The molecule has 0 bridgehead atoms. The van der Waals surface area contributed by atoms with Gasteiger partial charge in [-0.1, -0.05) is 21.1 Å². The Morgan fingerprint density at radius 2 is 2.32 bits per heavy atom. The summed E-state index contributed by atoms with van der Waals surface area (Å²) in [5.74, 6) is -0.116. The standard InChI is InChI=1S/C10H8BrN5O3/c11-6-1-2-9(8(3-6)10(12)14-17)15-5-7(4-13-15)16(18)19/h1-5,17H,(H2,12,14). The Morgan fingerprint density at radius 3 is 2.89 bits per heavy atom. The molecule has 0 aliphatic carbocycles. The number of amidine groups is 1. The maximum absolute atomic E-state index is 10.6. The van der Waals surface area contributed by atoms with Gasteiger partial charge in [-0.25, -0.2) is 4.68 Å². The van der Waals surface area contributed by atoms with Gasteiger partial charge in [0.1, 0.15) is 12.4 Å². The average molecular weight is 326 g/mol. The van der Waals surface area contributed by atoms with E-state index >= 15 is 0 Å². The SMILES string of the molecule is N/C(=N/O)c1cc(Br)ccc1-n1cc([N+](=O)[O-])cn1. The highest BCUT2D eigenvalue weighted by Crippen LogP contribution is 2.21. The normalized spacial score (nSPS) is 11.5. The van der Waals surface area contributed by atoms with Crippen LogP contribution in [0.2, 0.25) is 0 Å². The molecule has 0 amide bonds. The molecule has 3 N–H and O–H groups in total. The van der Waals surface area contributed by atoms with Crippen LogP contribution < -0.4 is 5.73 Å². The van der Waals surface area contributed by atoms with Gasteiger partial charge in [0.2, 0.25) is 0 Å². The molecule has 0 aliphatic heterocycles. The van der Waals surface area contributed by atoms with Crippen LogP contribution in [0.15, 0.2) is 40.2 Å². The number of rotatable bonds is 3. The molecular formula is C10H8BrN5O3. The highest BCUT2D eigenvalue weighted by atomic mass is 79.9. The number of halogens is 1.